The third-order valence-corrected chi connectivity index (χ3v) is 3.64. The summed E-state index contributed by atoms with van der Waals surface area (Å²) in [6.07, 6.45) is 1.79. The summed E-state index contributed by atoms with van der Waals surface area (Å²) < 4.78 is 0. The van der Waals surface area contributed by atoms with Crippen molar-refractivity contribution in [2.75, 3.05) is 0 Å². The Balaban J connectivity index is 2.34. The number of Topliss-reactive ketones (excluding diaryl/α,β-unsaturated/α-hetero) is 1. The summed E-state index contributed by atoms with van der Waals surface area (Å²) in [4.78, 5) is 11.5. The lowest BCUT2D eigenvalue weighted by Gasteiger charge is -2.17. The molecule has 0 radical (unpaired) electrons. The van der Waals surface area contributed by atoms with Crippen LogP contribution < -0.4 is 0 Å². The Bertz CT molecular complexity index is 392. The SMILES string of the molecule is Cc1ccc(C2CCC(=O)C2C)c(C)c1. The minimum atomic E-state index is 0.214. The van der Waals surface area contributed by atoms with Crippen LogP contribution in [0.4, 0.5) is 0 Å². The zero-order valence-electron chi connectivity index (χ0n) is 9.71. The number of aryl methyl sites for hydroxylation is 2. The van der Waals surface area contributed by atoms with Crippen LogP contribution in [0.15, 0.2) is 18.2 Å². The molecule has 0 amide bonds. The van der Waals surface area contributed by atoms with Crippen molar-refractivity contribution >= 4 is 5.78 Å². The Morgan fingerprint density at radius 1 is 1.27 bits per heavy atom. The highest BCUT2D eigenvalue weighted by atomic mass is 16.1. The van der Waals surface area contributed by atoms with Crippen LogP contribution in [0.5, 0.6) is 0 Å². The van der Waals surface area contributed by atoms with Crippen LogP contribution in [0.2, 0.25) is 0 Å². The molecule has 1 fully saturated rings. The van der Waals surface area contributed by atoms with Crippen molar-refractivity contribution in [1.29, 1.82) is 0 Å². The predicted molar refractivity (Wildman–Crippen MR) is 62.1 cm³/mol. The van der Waals surface area contributed by atoms with E-state index in [0.717, 1.165) is 12.8 Å². The molecule has 0 N–H and O–H groups in total. The van der Waals surface area contributed by atoms with E-state index in [2.05, 4.69) is 39.0 Å². The van der Waals surface area contributed by atoms with Gasteiger partial charge in [0.2, 0.25) is 0 Å². The molecule has 2 unspecified atom stereocenters. The number of carbonyl (C=O) groups is 1. The molecule has 0 aromatic heterocycles. The summed E-state index contributed by atoms with van der Waals surface area (Å²) in [5.74, 6) is 1.10. The maximum Gasteiger partial charge on any atom is 0.136 e. The molecule has 1 aliphatic rings. The van der Waals surface area contributed by atoms with E-state index in [-0.39, 0.29) is 5.92 Å². The summed E-state index contributed by atoms with van der Waals surface area (Å²) in [6, 6.07) is 6.56. The van der Waals surface area contributed by atoms with Crippen molar-refractivity contribution in [3.8, 4) is 0 Å². The highest BCUT2D eigenvalue weighted by Crippen LogP contribution is 2.38. The Morgan fingerprint density at radius 3 is 2.53 bits per heavy atom. The second kappa shape index (κ2) is 3.80. The van der Waals surface area contributed by atoms with E-state index in [1.54, 1.807) is 0 Å². The molecule has 0 spiro atoms. The first-order chi connectivity index (χ1) is 7.09. The van der Waals surface area contributed by atoms with Gasteiger partial charge in [0.1, 0.15) is 5.78 Å². The van der Waals surface area contributed by atoms with E-state index in [0.29, 0.717) is 11.7 Å². The van der Waals surface area contributed by atoms with E-state index in [9.17, 15) is 4.79 Å². The molecule has 1 nitrogen and oxygen atoms in total. The van der Waals surface area contributed by atoms with Gasteiger partial charge in [0.15, 0.2) is 0 Å². The smallest absolute Gasteiger partial charge is 0.136 e. The van der Waals surface area contributed by atoms with Crippen molar-refractivity contribution in [3.05, 3.63) is 34.9 Å². The number of rotatable bonds is 1. The molecular weight excluding hydrogens is 184 g/mol. The van der Waals surface area contributed by atoms with Crippen LogP contribution in [0, 0.1) is 19.8 Å². The fourth-order valence-corrected chi connectivity index (χ4v) is 2.67. The zero-order valence-corrected chi connectivity index (χ0v) is 9.71. The number of benzene rings is 1. The maximum absolute atomic E-state index is 11.5. The largest absolute Gasteiger partial charge is 0.299 e. The number of hydrogen-bond donors (Lipinski definition) is 0. The normalized spacial score (nSPS) is 25.9. The van der Waals surface area contributed by atoms with Gasteiger partial charge in [-0.2, -0.15) is 0 Å². The topological polar surface area (TPSA) is 17.1 Å². The summed E-state index contributed by atoms with van der Waals surface area (Å²) in [7, 11) is 0. The number of hydrogen-bond acceptors (Lipinski definition) is 1. The first-order valence-electron chi connectivity index (χ1n) is 5.69. The zero-order chi connectivity index (χ0) is 11.0. The molecule has 1 aromatic rings. The van der Waals surface area contributed by atoms with Gasteiger partial charge in [-0.1, -0.05) is 30.7 Å². The average molecular weight is 202 g/mol. The monoisotopic (exact) mass is 202 g/mol. The van der Waals surface area contributed by atoms with Crippen LogP contribution in [-0.2, 0) is 4.79 Å². The van der Waals surface area contributed by atoms with Gasteiger partial charge in [-0.05, 0) is 37.3 Å². The Morgan fingerprint density at radius 2 is 2.00 bits per heavy atom. The lowest BCUT2D eigenvalue weighted by atomic mass is 9.87. The summed E-state index contributed by atoms with van der Waals surface area (Å²) >= 11 is 0. The third-order valence-electron chi connectivity index (χ3n) is 3.64. The van der Waals surface area contributed by atoms with Crippen LogP contribution in [0.3, 0.4) is 0 Å². The maximum atomic E-state index is 11.5. The standard InChI is InChI=1S/C14H18O/c1-9-4-5-12(10(2)8-9)13-6-7-14(15)11(13)3/h4-5,8,11,13H,6-7H2,1-3H3. The Labute approximate surface area is 91.5 Å². The molecule has 0 saturated heterocycles. The van der Waals surface area contributed by atoms with Gasteiger partial charge in [-0.15, -0.1) is 0 Å². The molecular formula is C14H18O. The van der Waals surface area contributed by atoms with Crippen LogP contribution in [0.25, 0.3) is 0 Å². The average Bonchev–Trinajstić information content (AvgIpc) is 2.49. The summed E-state index contributed by atoms with van der Waals surface area (Å²) in [5.41, 5.74) is 4.01. The van der Waals surface area contributed by atoms with E-state index < -0.39 is 0 Å². The van der Waals surface area contributed by atoms with E-state index in [1.807, 2.05) is 0 Å². The minimum absolute atomic E-state index is 0.214. The van der Waals surface area contributed by atoms with E-state index in [4.69, 9.17) is 0 Å². The van der Waals surface area contributed by atoms with Gasteiger partial charge in [-0.25, -0.2) is 0 Å². The first kappa shape index (κ1) is 10.4. The lowest BCUT2D eigenvalue weighted by molar-refractivity contribution is -0.120. The highest BCUT2D eigenvalue weighted by molar-refractivity contribution is 5.84. The summed E-state index contributed by atoms with van der Waals surface area (Å²) in [5, 5.41) is 0. The molecule has 0 bridgehead atoms. The summed E-state index contributed by atoms with van der Waals surface area (Å²) in [6.45, 7) is 6.33. The number of ketones is 1. The van der Waals surface area contributed by atoms with Crippen molar-refractivity contribution in [3.63, 3.8) is 0 Å². The fraction of sp³-hybridized carbons (Fsp3) is 0.500. The molecule has 0 heterocycles. The molecule has 0 aliphatic heterocycles. The van der Waals surface area contributed by atoms with Gasteiger partial charge in [0.05, 0.1) is 0 Å². The molecule has 1 aliphatic carbocycles. The number of carbonyl (C=O) groups excluding carboxylic acids is 1. The molecule has 80 valence electrons. The van der Waals surface area contributed by atoms with Crippen LogP contribution in [0.1, 0.15) is 42.4 Å². The minimum Gasteiger partial charge on any atom is -0.299 e. The third kappa shape index (κ3) is 1.83. The van der Waals surface area contributed by atoms with E-state index in [1.165, 1.54) is 16.7 Å². The van der Waals surface area contributed by atoms with Crippen LogP contribution >= 0.6 is 0 Å². The van der Waals surface area contributed by atoms with Gasteiger partial charge < -0.3 is 0 Å². The molecule has 1 aromatic carbocycles. The molecule has 15 heavy (non-hydrogen) atoms. The lowest BCUT2D eigenvalue weighted by Crippen LogP contribution is -2.10. The van der Waals surface area contributed by atoms with Gasteiger partial charge in [0, 0.05) is 12.3 Å². The second-order valence-corrected chi connectivity index (χ2v) is 4.76. The van der Waals surface area contributed by atoms with Crippen molar-refractivity contribution in [2.45, 2.75) is 39.5 Å². The molecule has 1 saturated carbocycles. The van der Waals surface area contributed by atoms with Crippen LogP contribution in [-0.4, -0.2) is 5.78 Å². The van der Waals surface area contributed by atoms with Gasteiger partial charge in [0.25, 0.3) is 0 Å². The van der Waals surface area contributed by atoms with Crippen molar-refractivity contribution in [2.24, 2.45) is 5.92 Å². The molecule has 1 heteroatoms. The fourth-order valence-electron chi connectivity index (χ4n) is 2.67. The van der Waals surface area contributed by atoms with E-state index >= 15 is 0 Å². The molecule has 2 atom stereocenters. The van der Waals surface area contributed by atoms with Crippen molar-refractivity contribution < 1.29 is 4.79 Å². The Hall–Kier alpha value is -1.11. The predicted octanol–water partition coefficient (Wildman–Crippen LogP) is 3.39. The van der Waals surface area contributed by atoms with Crippen molar-refractivity contribution in [1.82, 2.24) is 0 Å². The first-order valence-corrected chi connectivity index (χ1v) is 5.69. The van der Waals surface area contributed by atoms with Gasteiger partial charge >= 0.3 is 0 Å². The highest BCUT2D eigenvalue weighted by Gasteiger charge is 2.32. The quantitative estimate of drug-likeness (QED) is 0.682. The Kier molecular flexibility index (Phi) is 2.64. The van der Waals surface area contributed by atoms with Gasteiger partial charge in [-0.3, -0.25) is 4.79 Å². The second-order valence-electron chi connectivity index (χ2n) is 4.76. The molecule has 2 rings (SSSR count).